The molecule has 47 heavy (non-hydrogen) atoms. The van der Waals surface area contributed by atoms with Crippen molar-refractivity contribution in [2.24, 2.45) is 5.92 Å². The fourth-order valence-corrected chi connectivity index (χ4v) is 5.10. The summed E-state index contributed by atoms with van der Waals surface area (Å²) < 4.78 is 10.7. The van der Waals surface area contributed by atoms with E-state index in [2.05, 4.69) is 24.1 Å². The maximum atomic E-state index is 13.5. The monoisotopic (exact) mass is 657 g/mol. The number of carbonyl (C=O) groups is 4. The number of Topliss-reactive ketones (excluding diaryl/α,β-unsaturated/α-hetero) is 1. The summed E-state index contributed by atoms with van der Waals surface area (Å²) in [5.41, 5.74) is -1.92. The van der Waals surface area contributed by atoms with Gasteiger partial charge in [-0.05, 0) is 57.2 Å². The molecule has 0 fully saturated rings. The van der Waals surface area contributed by atoms with E-state index < -0.39 is 48.4 Å². The molecule has 0 bridgehead atoms. The Bertz CT molecular complexity index is 1170. The van der Waals surface area contributed by atoms with Gasteiger partial charge in [0.1, 0.15) is 24.2 Å². The van der Waals surface area contributed by atoms with Crippen LogP contribution in [0.1, 0.15) is 110 Å². The molecule has 0 aliphatic rings. The highest BCUT2D eigenvalue weighted by atomic mass is 16.5. The number of aliphatic hydroxyl groups is 2. The number of carbonyl (C=O) groups excluding carboxylic acids is 3. The molecule has 3 atom stereocenters. The molecule has 262 valence electrons. The van der Waals surface area contributed by atoms with Crippen LogP contribution in [0, 0.1) is 17.8 Å². The zero-order valence-electron chi connectivity index (χ0n) is 28.4. The fraction of sp³-hybridized carbons (Fsp3) is 0.622. The Kier molecular flexibility index (Phi) is 21.5. The second kappa shape index (κ2) is 24.5. The topological polar surface area (TPSA) is 159 Å². The smallest absolute Gasteiger partial charge is 0.336 e. The predicted octanol–water partition coefficient (Wildman–Crippen LogP) is 5.32. The zero-order valence-corrected chi connectivity index (χ0v) is 28.4. The molecule has 1 rings (SSSR count). The van der Waals surface area contributed by atoms with Crippen molar-refractivity contribution in [2.45, 2.75) is 122 Å². The Morgan fingerprint density at radius 1 is 0.957 bits per heavy atom. The van der Waals surface area contributed by atoms with Crippen molar-refractivity contribution >= 4 is 23.6 Å². The largest absolute Gasteiger partial charge is 0.481 e. The summed E-state index contributed by atoms with van der Waals surface area (Å²) in [6.07, 6.45) is 13.1. The number of aliphatic hydroxyl groups excluding tert-OH is 1. The number of carboxylic acids is 1. The highest BCUT2D eigenvalue weighted by molar-refractivity contribution is 5.92. The van der Waals surface area contributed by atoms with E-state index in [1.54, 1.807) is 44.2 Å². The van der Waals surface area contributed by atoms with E-state index in [1.165, 1.54) is 25.3 Å². The summed E-state index contributed by atoms with van der Waals surface area (Å²) >= 11 is 0. The van der Waals surface area contributed by atoms with Gasteiger partial charge in [-0.3, -0.25) is 9.59 Å². The van der Waals surface area contributed by atoms with Gasteiger partial charge in [-0.2, -0.15) is 0 Å². The van der Waals surface area contributed by atoms with Gasteiger partial charge >= 0.3 is 11.9 Å². The van der Waals surface area contributed by atoms with Gasteiger partial charge < -0.3 is 30.1 Å². The van der Waals surface area contributed by atoms with Gasteiger partial charge in [-0.25, -0.2) is 9.59 Å². The molecule has 0 unspecified atom stereocenters. The lowest BCUT2D eigenvalue weighted by atomic mass is 9.83. The van der Waals surface area contributed by atoms with E-state index in [4.69, 9.17) is 9.47 Å². The van der Waals surface area contributed by atoms with E-state index in [1.807, 2.05) is 0 Å². The zero-order chi connectivity index (χ0) is 34.9. The van der Waals surface area contributed by atoms with Gasteiger partial charge in [0.2, 0.25) is 5.91 Å². The Balaban J connectivity index is 2.87. The maximum Gasteiger partial charge on any atom is 0.336 e. The second-order valence-corrected chi connectivity index (χ2v) is 11.6. The summed E-state index contributed by atoms with van der Waals surface area (Å²) in [5, 5.41) is 33.0. The lowest BCUT2D eigenvalue weighted by Crippen LogP contribution is -2.55. The molecule has 0 saturated carbocycles. The van der Waals surface area contributed by atoms with Gasteiger partial charge in [0.15, 0.2) is 5.60 Å². The van der Waals surface area contributed by atoms with Crippen molar-refractivity contribution in [3.8, 4) is 17.6 Å². The van der Waals surface area contributed by atoms with E-state index in [0.717, 1.165) is 38.5 Å². The number of unbranched alkanes of at least 4 members (excludes halogenated alkanes) is 8. The van der Waals surface area contributed by atoms with E-state index >= 15 is 0 Å². The summed E-state index contributed by atoms with van der Waals surface area (Å²) in [5.74, 6) is 1.58. The molecule has 10 heteroatoms. The molecule has 0 aliphatic heterocycles. The first-order chi connectivity index (χ1) is 22.6. The van der Waals surface area contributed by atoms with Crippen molar-refractivity contribution in [3.63, 3.8) is 0 Å². The van der Waals surface area contributed by atoms with Crippen LogP contribution in [0.25, 0.3) is 0 Å². The van der Waals surface area contributed by atoms with Crippen molar-refractivity contribution in [1.29, 1.82) is 0 Å². The summed E-state index contributed by atoms with van der Waals surface area (Å²) in [6.45, 7) is 5.13. The number of amides is 1. The van der Waals surface area contributed by atoms with E-state index in [9.17, 15) is 34.5 Å². The molecule has 0 aromatic heterocycles. The van der Waals surface area contributed by atoms with Crippen molar-refractivity contribution in [3.05, 3.63) is 42.0 Å². The number of ketones is 1. The van der Waals surface area contributed by atoms with E-state index in [-0.39, 0.29) is 19.6 Å². The van der Waals surface area contributed by atoms with E-state index in [0.29, 0.717) is 36.4 Å². The first-order valence-electron chi connectivity index (χ1n) is 17.0. The number of ether oxygens (including phenoxy) is 2. The molecule has 0 spiro atoms. The fourth-order valence-electron chi connectivity index (χ4n) is 5.10. The first-order valence-corrected chi connectivity index (χ1v) is 17.0. The number of hydrogen-bond acceptors (Lipinski definition) is 8. The van der Waals surface area contributed by atoms with Crippen LogP contribution in [0.5, 0.6) is 5.75 Å². The molecular formula is C37H55NO9. The Morgan fingerprint density at radius 2 is 1.60 bits per heavy atom. The van der Waals surface area contributed by atoms with Crippen LogP contribution >= 0.6 is 0 Å². The number of hydrogen-bond donors (Lipinski definition) is 4. The molecule has 1 aromatic rings. The third-order valence-electron chi connectivity index (χ3n) is 7.86. The average Bonchev–Trinajstić information content (AvgIpc) is 3.04. The Labute approximate surface area is 280 Å². The summed E-state index contributed by atoms with van der Waals surface area (Å²) in [6, 6.07) is 5.71. The molecule has 4 N–H and O–H groups in total. The molecule has 0 saturated heterocycles. The van der Waals surface area contributed by atoms with Crippen LogP contribution in [0.15, 0.2) is 36.4 Å². The molecule has 0 heterocycles. The van der Waals surface area contributed by atoms with Crippen molar-refractivity contribution < 1.29 is 44.0 Å². The standard InChI is InChI=1S/C37H55NO9/c1-4-7-9-12-15-18-30(40)19-16-13-10-11-14-17-20-32(37(45,25-26-39)36(43)44)34(41)38-33(35(42)46-6-3)28-29-21-23-31(24-22-29)47-27-8-5-2/h17,20-24,32-33,39,45H,4,6-7,9-16,18-19,25-28H2,1-3H3,(H,38,41)(H,43,44)/b20-17+/t32-,33+,37+/m1/s1. The average molecular weight is 658 g/mol. The van der Waals surface area contributed by atoms with Crippen LogP contribution in [0.4, 0.5) is 0 Å². The van der Waals surface area contributed by atoms with Crippen LogP contribution in [-0.4, -0.2) is 70.4 Å². The lowest BCUT2D eigenvalue weighted by Gasteiger charge is -2.30. The van der Waals surface area contributed by atoms with Gasteiger partial charge in [0.05, 0.1) is 12.5 Å². The quantitative estimate of drug-likeness (QED) is 0.0448. The van der Waals surface area contributed by atoms with Gasteiger partial charge in [-0.1, -0.05) is 75.7 Å². The SMILES string of the molecule is CC#CCOc1ccc(C[C@H](NC(=O)[C@@H](/C=C/CCCCCCC(=O)CCCCCCC)[C@@](O)(CCO)C(=O)O)C(=O)OCC)cc1. The van der Waals surface area contributed by atoms with Crippen LogP contribution in [-0.2, 0) is 30.3 Å². The molecule has 0 radical (unpaired) electrons. The number of carboxylic acid groups (broad SMARTS) is 1. The van der Waals surface area contributed by atoms with Crippen LogP contribution in [0.3, 0.4) is 0 Å². The number of allylic oxidation sites excluding steroid dienone is 1. The first kappa shape index (κ1) is 41.3. The summed E-state index contributed by atoms with van der Waals surface area (Å²) in [7, 11) is 0. The Hall–Kier alpha value is -3.68. The minimum atomic E-state index is -2.61. The highest BCUT2D eigenvalue weighted by Gasteiger charge is 2.47. The third-order valence-corrected chi connectivity index (χ3v) is 7.86. The van der Waals surface area contributed by atoms with Crippen molar-refractivity contribution in [1.82, 2.24) is 5.32 Å². The van der Waals surface area contributed by atoms with Gasteiger partial charge in [-0.15, -0.1) is 5.92 Å². The third kappa shape index (κ3) is 16.6. The number of aliphatic carboxylic acids is 1. The van der Waals surface area contributed by atoms with Crippen molar-refractivity contribution in [2.75, 3.05) is 19.8 Å². The Morgan fingerprint density at radius 3 is 2.17 bits per heavy atom. The number of esters is 1. The molecule has 1 aromatic carbocycles. The predicted molar refractivity (Wildman–Crippen MR) is 181 cm³/mol. The molecule has 0 aliphatic carbocycles. The van der Waals surface area contributed by atoms with Gasteiger partial charge in [0, 0.05) is 32.3 Å². The number of benzene rings is 1. The minimum absolute atomic E-state index is 0.0446. The number of rotatable bonds is 26. The normalized spacial score (nSPS) is 13.6. The van der Waals surface area contributed by atoms with Crippen LogP contribution < -0.4 is 10.1 Å². The summed E-state index contributed by atoms with van der Waals surface area (Å²) in [4.78, 5) is 50.6. The lowest BCUT2D eigenvalue weighted by molar-refractivity contribution is -0.168. The molecule has 10 nitrogen and oxygen atoms in total. The van der Waals surface area contributed by atoms with Gasteiger partial charge in [0.25, 0.3) is 0 Å². The number of nitrogens with one attached hydrogen (secondary N) is 1. The second-order valence-electron chi connectivity index (χ2n) is 11.6. The molecule has 1 amide bonds. The van der Waals surface area contributed by atoms with Crippen LogP contribution in [0.2, 0.25) is 0 Å². The minimum Gasteiger partial charge on any atom is -0.481 e. The maximum absolute atomic E-state index is 13.5. The molecular weight excluding hydrogens is 602 g/mol. The highest BCUT2D eigenvalue weighted by Crippen LogP contribution is 2.25.